The highest BCUT2D eigenvalue weighted by molar-refractivity contribution is 7.90. The van der Waals surface area contributed by atoms with E-state index in [1.807, 2.05) is 0 Å². The molecule has 0 unspecified atom stereocenters. The van der Waals surface area contributed by atoms with E-state index < -0.39 is 9.84 Å². The number of aromatic nitrogens is 3. The van der Waals surface area contributed by atoms with E-state index in [4.69, 9.17) is 0 Å². The van der Waals surface area contributed by atoms with Gasteiger partial charge in [0.25, 0.3) is 5.56 Å². The minimum atomic E-state index is -3.49. The molecular formula is C13H15N3O3S. The minimum absolute atomic E-state index is 0.105. The van der Waals surface area contributed by atoms with Crippen LogP contribution in [0.3, 0.4) is 0 Å². The van der Waals surface area contributed by atoms with Crippen molar-refractivity contribution >= 4 is 20.9 Å². The van der Waals surface area contributed by atoms with Crippen LogP contribution in [0, 0.1) is 0 Å². The van der Waals surface area contributed by atoms with E-state index in [9.17, 15) is 13.2 Å². The van der Waals surface area contributed by atoms with Gasteiger partial charge in [0.05, 0.1) is 0 Å². The van der Waals surface area contributed by atoms with Crippen molar-refractivity contribution in [1.29, 1.82) is 0 Å². The van der Waals surface area contributed by atoms with Crippen LogP contribution in [0.5, 0.6) is 0 Å². The fourth-order valence-electron chi connectivity index (χ4n) is 2.72. The van der Waals surface area contributed by atoms with Gasteiger partial charge in [-0.2, -0.15) is 4.98 Å². The summed E-state index contributed by atoms with van der Waals surface area (Å²) < 4.78 is 24.8. The average molecular weight is 293 g/mol. The second kappa shape index (κ2) is 4.66. The normalized spacial score (nSPS) is 16.9. The predicted molar refractivity (Wildman–Crippen MR) is 74.4 cm³/mol. The van der Waals surface area contributed by atoms with E-state index in [0.29, 0.717) is 11.0 Å². The summed E-state index contributed by atoms with van der Waals surface area (Å²) >= 11 is 0. The SMILES string of the molecule is CS(=O)(=O)c1ncc2ccc(=O)n(C3CCCC3)c2n1. The number of hydrogen-bond acceptors (Lipinski definition) is 5. The molecule has 1 aliphatic rings. The van der Waals surface area contributed by atoms with Crippen LogP contribution in [0.2, 0.25) is 0 Å². The molecule has 1 aliphatic carbocycles. The molecular weight excluding hydrogens is 278 g/mol. The zero-order valence-corrected chi connectivity index (χ0v) is 11.9. The van der Waals surface area contributed by atoms with Crippen LogP contribution in [0.15, 0.2) is 28.3 Å². The van der Waals surface area contributed by atoms with Crippen molar-refractivity contribution < 1.29 is 8.42 Å². The lowest BCUT2D eigenvalue weighted by Crippen LogP contribution is -2.24. The Bertz CT molecular complexity index is 820. The van der Waals surface area contributed by atoms with Gasteiger partial charge in [-0.1, -0.05) is 12.8 Å². The standard InChI is InChI=1S/C13H15N3O3S/c1-20(18,19)13-14-8-9-6-7-11(17)16(12(9)15-13)10-4-2-3-5-10/h6-8,10H,2-5H2,1H3. The first kappa shape index (κ1) is 13.2. The summed E-state index contributed by atoms with van der Waals surface area (Å²) in [6.07, 6.45) is 6.54. The Labute approximate surface area is 116 Å². The lowest BCUT2D eigenvalue weighted by Gasteiger charge is -2.15. The molecule has 1 saturated carbocycles. The topological polar surface area (TPSA) is 81.9 Å². The van der Waals surface area contributed by atoms with Gasteiger partial charge in [0.15, 0.2) is 0 Å². The molecule has 7 heteroatoms. The van der Waals surface area contributed by atoms with Gasteiger partial charge in [-0.05, 0) is 18.9 Å². The lowest BCUT2D eigenvalue weighted by atomic mass is 10.2. The summed E-state index contributed by atoms with van der Waals surface area (Å²) in [7, 11) is -3.49. The molecule has 0 aliphatic heterocycles. The summed E-state index contributed by atoms with van der Waals surface area (Å²) in [5.74, 6) is 0. The predicted octanol–water partition coefficient (Wildman–Crippen LogP) is 1.31. The second-order valence-electron chi connectivity index (χ2n) is 5.18. The summed E-state index contributed by atoms with van der Waals surface area (Å²) in [4.78, 5) is 20.1. The van der Waals surface area contributed by atoms with Crippen LogP contribution in [-0.4, -0.2) is 29.2 Å². The van der Waals surface area contributed by atoms with E-state index >= 15 is 0 Å². The molecule has 0 spiro atoms. The van der Waals surface area contributed by atoms with E-state index in [1.54, 1.807) is 10.6 Å². The summed E-state index contributed by atoms with van der Waals surface area (Å²) in [6.45, 7) is 0. The van der Waals surface area contributed by atoms with Gasteiger partial charge in [-0.3, -0.25) is 9.36 Å². The monoisotopic (exact) mass is 293 g/mol. The number of fused-ring (bicyclic) bond motifs is 1. The molecule has 6 nitrogen and oxygen atoms in total. The van der Waals surface area contributed by atoms with Gasteiger partial charge in [-0.15, -0.1) is 0 Å². The quantitative estimate of drug-likeness (QED) is 0.780. The fraction of sp³-hybridized carbons (Fsp3) is 0.462. The van der Waals surface area contributed by atoms with Crippen molar-refractivity contribution in [1.82, 2.24) is 14.5 Å². The molecule has 20 heavy (non-hydrogen) atoms. The number of pyridine rings is 1. The highest BCUT2D eigenvalue weighted by Crippen LogP contribution is 2.30. The number of nitrogens with zero attached hydrogens (tertiary/aromatic N) is 3. The zero-order valence-electron chi connectivity index (χ0n) is 11.1. The third kappa shape index (κ3) is 2.22. The van der Waals surface area contributed by atoms with E-state index in [1.165, 1.54) is 12.3 Å². The Morgan fingerprint density at radius 2 is 1.95 bits per heavy atom. The van der Waals surface area contributed by atoms with Crippen LogP contribution >= 0.6 is 0 Å². The van der Waals surface area contributed by atoms with Gasteiger partial charge in [0.1, 0.15) is 5.65 Å². The minimum Gasteiger partial charge on any atom is -0.289 e. The second-order valence-corrected chi connectivity index (χ2v) is 7.09. The van der Waals surface area contributed by atoms with Crippen molar-refractivity contribution in [2.75, 3.05) is 6.26 Å². The molecule has 0 saturated heterocycles. The molecule has 0 N–H and O–H groups in total. The van der Waals surface area contributed by atoms with Crippen molar-refractivity contribution in [2.45, 2.75) is 36.9 Å². The maximum absolute atomic E-state index is 12.1. The maximum atomic E-state index is 12.1. The van der Waals surface area contributed by atoms with Gasteiger partial charge < -0.3 is 0 Å². The summed E-state index contributed by atoms with van der Waals surface area (Å²) in [5, 5.41) is 0.450. The van der Waals surface area contributed by atoms with Crippen LogP contribution in [0.1, 0.15) is 31.7 Å². The number of sulfone groups is 1. The molecule has 0 amide bonds. The van der Waals surface area contributed by atoms with Crippen molar-refractivity contribution in [2.24, 2.45) is 0 Å². The first-order valence-corrected chi connectivity index (χ1v) is 8.44. The number of hydrogen-bond donors (Lipinski definition) is 0. The summed E-state index contributed by atoms with van der Waals surface area (Å²) in [6, 6.07) is 3.23. The third-order valence-corrected chi connectivity index (χ3v) is 4.53. The molecule has 3 rings (SSSR count). The number of rotatable bonds is 2. The van der Waals surface area contributed by atoms with Gasteiger partial charge in [-0.25, -0.2) is 13.4 Å². The van der Waals surface area contributed by atoms with Crippen LogP contribution < -0.4 is 5.56 Å². The molecule has 0 radical (unpaired) electrons. The van der Waals surface area contributed by atoms with Crippen molar-refractivity contribution in [3.8, 4) is 0 Å². The highest BCUT2D eigenvalue weighted by Gasteiger charge is 2.21. The third-order valence-electron chi connectivity index (χ3n) is 3.67. The van der Waals surface area contributed by atoms with Crippen molar-refractivity contribution in [3.05, 3.63) is 28.7 Å². The van der Waals surface area contributed by atoms with Crippen LogP contribution in [0.25, 0.3) is 11.0 Å². The molecule has 0 aromatic carbocycles. The molecule has 1 fully saturated rings. The smallest absolute Gasteiger partial charge is 0.252 e. The van der Waals surface area contributed by atoms with Crippen molar-refractivity contribution in [3.63, 3.8) is 0 Å². The molecule has 0 bridgehead atoms. The maximum Gasteiger partial charge on any atom is 0.252 e. The Kier molecular flexibility index (Phi) is 3.08. The zero-order chi connectivity index (χ0) is 14.3. The van der Waals surface area contributed by atoms with Crippen LogP contribution in [-0.2, 0) is 9.84 Å². The molecule has 2 heterocycles. The molecule has 106 valence electrons. The van der Waals surface area contributed by atoms with E-state index in [0.717, 1.165) is 31.9 Å². The first-order valence-electron chi connectivity index (χ1n) is 6.55. The van der Waals surface area contributed by atoms with E-state index in [2.05, 4.69) is 9.97 Å². The van der Waals surface area contributed by atoms with Gasteiger partial charge in [0.2, 0.25) is 15.0 Å². The Balaban J connectivity index is 2.31. The Morgan fingerprint density at radius 1 is 1.25 bits per heavy atom. The molecule has 0 atom stereocenters. The highest BCUT2D eigenvalue weighted by atomic mass is 32.2. The van der Waals surface area contributed by atoms with Gasteiger partial charge in [0, 0.05) is 29.9 Å². The lowest BCUT2D eigenvalue weighted by molar-refractivity contribution is 0.513. The largest absolute Gasteiger partial charge is 0.289 e. The van der Waals surface area contributed by atoms with Crippen LogP contribution in [0.4, 0.5) is 0 Å². The Morgan fingerprint density at radius 3 is 2.60 bits per heavy atom. The molecule has 2 aromatic heterocycles. The Hall–Kier alpha value is -1.76. The van der Waals surface area contributed by atoms with E-state index in [-0.39, 0.29) is 16.8 Å². The fourth-order valence-corrected chi connectivity index (χ4v) is 3.21. The first-order chi connectivity index (χ1) is 9.47. The van der Waals surface area contributed by atoms with Gasteiger partial charge >= 0.3 is 0 Å². The summed E-state index contributed by atoms with van der Waals surface area (Å²) in [5.41, 5.74) is 0.280. The molecule has 2 aromatic rings. The average Bonchev–Trinajstić information content (AvgIpc) is 2.90.